The van der Waals surface area contributed by atoms with E-state index in [9.17, 15) is 33.5 Å². The van der Waals surface area contributed by atoms with Gasteiger partial charge < -0.3 is 15.5 Å². The van der Waals surface area contributed by atoms with Crippen LogP contribution in [0.2, 0.25) is 0 Å². The van der Waals surface area contributed by atoms with Gasteiger partial charge in [0, 0.05) is 6.07 Å². The van der Waals surface area contributed by atoms with E-state index < -0.39 is 41.1 Å². The van der Waals surface area contributed by atoms with Crippen molar-refractivity contribution in [1.82, 2.24) is 0 Å². The van der Waals surface area contributed by atoms with Gasteiger partial charge in [-0.3, -0.25) is 10.1 Å². The molecule has 0 spiro atoms. The first-order valence-corrected chi connectivity index (χ1v) is 6.04. The first kappa shape index (κ1) is 17.2. The van der Waals surface area contributed by atoms with E-state index in [4.69, 9.17) is 0 Å². The van der Waals surface area contributed by atoms with Crippen molar-refractivity contribution in [2.24, 2.45) is 0 Å². The Morgan fingerprint density at radius 3 is 2.24 bits per heavy atom. The summed E-state index contributed by atoms with van der Waals surface area (Å²) in [5, 5.41) is 32.0. The van der Waals surface area contributed by atoms with Crippen LogP contribution >= 0.6 is 0 Å². The summed E-state index contributed by atoms with van der Waals surface area (Å²) in [5.74, 6) is 0. The lowest BCUT2D eigenvalue weighted by atomic mass is 9.97. The van der Waals surface area contributed by atoms with Crippen LogP contribution in [0, 0.1) is 10.1 Å². The third kappa shape index (κ3) is 3.82. The van der Waals surface area contributed by atoms with E-state index in [-0.39, 0.29) is 12.1 Å². The van der Waals surface area contributed by atoms with Crippen LogP contribution in [0.15, 0.2) is 18.2 Å². The molecule has 0 aliphatic carbocycles. The van der Waals surface area contributed by atoms with Crippen LogP contribution in [0.1, 0.15) is 18.9 Å². The minimum absolute atomic E-state index is 0.196. The monoisotopic (exact) mass is 308 g/mol. The van der Waals surface area contributed by atoms with Crippen molar-refractivity contribution in [1.29, 1.82) is 0 Å². The number of aliphatic hydroxyl groups excluding tert-OH is 2. The molecule has 118 valence electrons. The average molecular weight is 308 g/mol. The Morgan fingerprint density at radius 2 is 1.86 bits per heavy atom. The molecule has 0 aromatic heterocycles. The number of nitrogens with one attached hydrogen (secondary N) is 1. The molecule has 0 aliphatic rings. The number of nitro groups is 1. The molecule has 0 unspecified atom stereocenters. The van der Waals surface area contributed by atoms with Gasteiger partial charge in [0.25, 0.3) is 5.69 Å². The summed E-state index contributed by atoms with van der Waals surface area (Å²) in [6, 6.07) is 2.03. The van der Waals surface area contributed by atoms with Crippen LogP contribution in [0.4, 0.5) is 24.5 Å². The SMILES string of the molecule is CCC(CO)(CO)Nc1ccc(C(F)(F)F)cc1[N+](=O)[O-]. The number of nitro benzene ring substituents is 1. The van der Waals surface area contributed by atoms with Gasteiger partial charge in [0.15, 0.2) is 0 Å². The molecule has 0 fully saturated rings. The molecule has 0 saturated carbocycles. The molecule has 0 amide bonds. The van der Waals surface area contributed by atoms with Gasteiger partial charge in [-0.25, -0.2) is 0 Å². The van der Waals surface area contributed by atoms with Gasteiger partial charge >= 0.3 is 6.18 Å². The van der Waals surface area contributed by atoms with Crippen molar-refractivity contribution in [3.63, 3.8) is 0 Å². The highest BCUT2D eigenvalue weighted by Gasteiger charge is 2.34. The number of benzene rings is 1. The highest BCUT2D eigenvalue weighted by atomic mass is 19.4. The lowest BCUT2D eigenvalue weighted by Crippen LogP contribution is -2.45. The second-order valence-corrected chi connectivity index (χ2v) is 4.56. The van der Waals surface area contributed by atoms with E-state index in [0.717, 1.165) is 6.07 Å². The molecular weight excluding hydrogens is 293 g/mol. The van der Waals surface area contributed by atoms with Crippen molar-refractivity contribution < 1.29 is 28.3 Å². The molecule has 6 nitrogen and oxygen atoms in total. The van der Waals surface area contributed by atoms with Crippen molar-refractivity contribution in [2.75, 3.05) is 18.5 Å². The standard InChI is InChI=1S/C12H15F3N2O4/c1-2-11(6-18,7-19)16-9-4-3-8(12(13,14)15)5-10(9)17(20)21/h3-5,16,18-19H,2,6-7H2,1H3. The molecule has 0 radical (unpaired) electrons. The predicted molar refractivity (Wildman–Crippen MR) is 68.9 cm³/mol. The normalized spacial score (nSPS) is 12.3. The molecule has 9 heteroatoms. The predicted octanol–water partition coefficient (Wildman–Crippen LogP) is 2.16. The summed E-state index contributed by atoms with van der Waals surface area (Å²) in [6.45, 7) is 0.561. The minimum Gasteiger partial charge on any atom is -0.394 e. The van der Waals surface area contributed by atoms with Crippen LogP contribution < -0.4 is 5.32 Å². The number of alkyl halides is 3. The van der Waals surface area contributed by atoms with Crippen LogP contribution in [-0.4, -0.2) is 33.9 Å². The smallest absolute Gasteiger partial charge is 0.394 e. The largest absolute Gasteiger partial charge is 0.416 e. The Balaban J connectivity index is 3.28. The third-order valence-electron chi connectivity index (χ3n) is 3.20. The highest BCUT2D eigenvalue weighted by molar-refractivity contribution is 5.64. The Labute approximate surface area is 118 Å². The topological polar surface area (TPSA) is 95.6 Å². The third-order valence-corrected chi connectivity index (χ3v) is 3.20. The van der Waals surface area contributed by atoms with E-state index in [2.05, 4.69) is 5.32 Å². The zero-order chi connectivity index (χ0) is 16.3. The Kier molecular flexibility index (Phi) is 5.13. The van der Waals surface area contributed by atoms with Gasteiger partial charge in [-0.05, 0) is 18.6 Å². The van der Waals surface area contributed by atoms with Crippen molar-refractivity contribution in [2.45, 2.75) is 25.1 Å². The summed E-state index contributed by atoms with van der Waals surface area (Å²) in [5.41, 5.74) is -3.36. The van der Waals surface area contributed by atoms with Crippen LogP contribution in [0.5, 0.6) is 0 Å². The summed E-state index contributed by atoms with van der Waals surface area (Å²) in [6.07, 6.45) is -4.47. The number of aliphatic hydroxyl groups is 2. The first-order chi connectivity index (χ1) is 9.69. The fourth-order valence-electron chi connectivity index (χ4n) is 1.69. The van der Waals surface area contributed by atoms with Crippen LogP contribution in [-0.2, 0) is 6.18 Å². The van der Waals surface area contributed by atoms with E-state index in [1.54, 1.807) is 6.92 Å². The zero-order valence-electron chi connectivity index (χ0n) is 11.1. The molecular formula is C12H15F3N2O4. The Bertz CT molecular complexity index is 507. The lowest BCUT2D eigenvalue weighted by molar-refractivity contribution is -0.384. The molecule has 21 heavy (non-hydrogen) atoms. The fourth-order valence-corrected chi connectivity index (χ4v) is 1.69. The van der Waals surface area contributed by atoms with E-state index >= 15 is 0 Å². The van der Waals surface area contributed by atoms with Gasteiger partial charge in [0.1, 0.15) is 5.69 Å². The van der Waals surface area contributed by atoms with Crippen molar-refractivity contribution in [3.05, 3.63) is 33.9 Å². The lowest BCUT2D eigenvalue weighted by Gasteiger charge is -2.30. The summed E-state index contributed by atoms with van der Waals surface area (Å²) >= 11 is 0. The molecule has 3 N–H and O–H groups in total. The number of nitrogens with zero attached hydrogens (tertiary/aromatic N) is 1. The van der Waals surface area contributed by atoms with Gasteiger partial charge in [0.05, 0.1) is 29.2 Å². The van der Waals surface area contributed by atoms with Crippen molar-refractivity contribution >= 4 is 11.4 Å². The molecule has 0 saturated heterocycles. The second-order valence-electron chi connectivity index (χ2n) is 4.56. The maximum absolute atomic E-state index is 12.6. The summed E-state index contributed by atoms with van der Waals surface area (Å²) in [7, 11) is 0. The second kappa shape index (κ2) is 6.27. The zero-order valence-corrected chi connectivity index (χ0v) is 11.1. The molecule has 0 bridgehead atoms. The number of hydrogen-bond donors (Lipinski definition) is 3. The van der Waals surface area contributed by atoms with E-state index in [1.807, 2.05) is 0 Å². The van der Waals surface area contributed by atoms with E-state index in [1.165, 1.54) is 0 Å². The number of rotatable bonds is 6. The van der Waals surface area contributed by atoms with E-state index in [0.29, 0.717) is 12.1 Å². The average Bonchev–Trinajstić information content (AvgIpc) is 2.43. The molecule has 0 aliphatic heterocycles. The molecule has 0 atom stereocenters. The maximum Gasteiger partial charge on any atom is 0.416 e. The quantitative estimate of drug-likeness (QED) is 0.553. The Hall–Kier alpha value is -1.87. The van der Waals surface area contributed by atoms with Gasteiger partial charge in [0.2, 0.25) is 0 Å². The van der Waals surface area contributed by atoms with Crippen LogP contribution in [0.3, 0.4) is 0 Å². The molecule has 1 aromatic rings. The van der Waals surface area contributed by atoms with Crippen LogP contribution in [0.25, 0.3) is 0 Å². The summed E-state index contributed by atoms with van der Waals surface area (Å²) in [4.78, 5) is 9.97. The highest BCUT2D eigenvalue weighted by Crippen LogP contribution is 2.36. The van der Waals surface area contributed by atoms with Gasteiger partial charge in [-0.15, -0.1) is 0 Å². The molecule has 0 heterocycles. The fraction of sp³-hybridized carbons (Fsp3) is 0.500. The number of anilines is 1. The first-order valence-electron chi connectivity index (χ1n) is 6.04. The minimum atomic E-state index is -4.70. The van der Waals surface area contributed by atoms with Gasteiger partial charge in [-0.2, -0.15) is 13.2 Å². The van der Waals surface area contributed by atoms with Crippen molar-refractivity contribution in [3.8, 4) is 0 Å². The molecule has 1 rings (SSSR count). The maximum atomic E-state index is 12.6. The number of halogens is 3. The molecule has 1 aromatic carbocycles. The number of hydrogen-bond acceptors (Lipinski definition) is 5. The summed E-state index contributed by atoms with van der Waals surface area (Å²) < 4.78 is 37.7. The Morgan fingerprint density at radius 1 is 1.29 bits per heavy atom. The van der Waals surface area contributed by atoms with Gasteiger partial charge in [-0.1, -0.05) is 6.92 Å².